The third-order valence-corrected chi connectivity index (χ3v) is 4.15. The van der Waals surface area contributed by atoms with Crippen LogP contribution in [0.3, 0.4) is 0 Å². The standard InChI is InChI=1S/C16H31N3O2.HI/c1-2-17-16(19-14-6-8-15(20)9-7-14)18-10-3-11-21-12-13-4-5-13;/h13-15,20H,2-12H2,1H3,(H2,17,18,19);1H. The van der Waals surface area contributed by atoms with Gasteiger partial charge in [0.25, 0.3) is 0 Å². The fourth-order valence-electron chi connectivity index (χ4n) is 2.63. The number of rotatable bonds is 8. The Hall–Kier alpha value is -0.0800. The molecule has 0 saturated heterocycles. The normalized spacial score (nSPS) is 25.5. The van der Waals surface area contributed by atoms with Crippen LogP contribution in [-0.4, -0.2) is 49.5 Å². The van der Waals surface area contributed by atoms with Gasteiger partial charge in [-0.25, -0.2) is 0 Å². The molecule has 2 rings (SSSR count). The van der Waals surface area contributed by atoms with Gasteiger partial charge in [-0.05, 0) is 57.8 Å². The van der Waals surface area contributed by atoms with E-state index < -0.39 is 0 Å². The highest BCUT2D eigenvalue weighted by atomic mass is 127. The maximum atomic E-state index is 9.54. The highest BCUT2D eigenvalue weighted by molar-refractivity contribution is 14.0. The zero-order valence-electron chi connectivity index (χ0n) is 13.7. The van der Waals surface area contributed by atoms with E-state index in [-0.39, 0.29) is 30.1 Å². The van der Waals surface area contributed by atoms with Crippen LogP contribution >= 0.6 is 24.0 Å². The molecule has 130 valence electrons. The molecular weight excluding hydrogens is 393 g/mol. The van der Waals surface area contributed by atoms with Gasteiger partial charge in [-0.3, -0.25) is 4.99 Å². The largest absolute Gasteiger partial charge is 0.393 e. The van der Waals surface area contributed by atoms with Crippen LogP contribution in [0.2, 0.25) is 0 Å². The van der Waals surface area contributed by atoms with E-state index in [2.05, 4.69) is 22.5 Å². The molecule has 0 heterocycles. The van der Waals surface area contributed by atoms with Crippen LogP contribution in [0.4, 0.5) is 0 Å². The molecule has 22 heavy (non-hydrogen) atoms. The molecule has 0 radical (unpaired) electrons. The molecule has 0 spiro atoms. The van der Waals surface area contributed by atoms with Crippen molar-refractivity contribution in [3.8, 4) is 0 Å². The van der Waals surface area contributed by atoms with Crippen molar-refractivity contribution in [2.75, 3.05) is 26.3 Å². The number of aliphatic hydroxyl groups is 1. The maximum Gasteiger partial charge on any atom is 0.191 e. The average Bonchev–Trinajstić information content (AvgIpc) is 3.29. The van der Waals surface area contributed by atoms with E-state index in [1.807, 2.05) is 0 Å². The molecule has 0 aromatic heterocycles. The van der Waals surface area contributed by atoms with Gasteiger partial charge < -0.3 is 20.5 Å². The summed E-state index contributed by atoms with van der Waals surface area (Å²) >= 11 is 0. The fraction of sp³-hybridized carbons (Fsp3) is 0.938. The molecule has 0 bridgehead atoms. The Kier molecular flexibility index (Phi) is 10.4. The molecule has 0 aromatic rings. The first kappa shape index (κ1) is 20.0. The molecule has 5 nitrogen and oxygen atoms in total. The van der Waals surface area contributed by atoms with Crippen molar-refractivity contribution >= 4 is 29.9 Å². The second-order valence-corrected chi connectivity index (χ2v) is 6.28. The van der Waals surface area contributed by atoms with Gasteiger partial charge in [-0.15, -0.1) is 24.0 Å². The van der Waals surface area contributed by atoms with Crippen LogP contribution in [-0.2, 0) is 4.74 Å². The van der Waals surface area contributed by atoms with Gasteiger partial charge in [0.1, 0.15) is 0 Å². The Morgan fingerprint density at radius 3 is 2.55 bits per heavy atom. The maximum absolute atomic E-state index is 9.54. The first-order chi connectivity index (χ1) is 10.3. The number of halogens is 1. The second-order valence-electron chi connectivity index (χ2n) is 6.28. The van der Waals surface area contributed by atoms with Crippen LogP contribution in [0.1, 0.15) is 51.9 Å². The second kappa shape index (κ2) is 11.5. The fourth-order valence-corrected chi connectivity index (χ4v) is 2.63. The molecule has 2 aliphatic rings. The van der Waals surface area contributed by atoms with E-state index in [0.29, 0.717) is 6.04 Å². The number of aliphatic imine (C=N–C) groups is 1. The zero-order valence-corrected chi connectivity index (χ0v) is 16.1. The third kappa shape index (κ3) is 8.53. The van der Waals surface area contributed by atoms with Gasteiger partial charge >= 0.3 is 0 Å². The topological polar surface area (TPSA) is 65.9 Å². The predicted molar refractivity (Wildman–Crippen MR) is 101 cm³/mol. The number of hydrogen-bond acceptors (Lipinski definition) is 3. The average molecular weight is 425 g/mol. The lowest BCUT2D eigenvalue weighted by Crippen LogP contribution is -2.45. The smallest absolute Gasteiger partial charge is 0.191 e. The minimum atomic E-state index is -0.105. The molecule has 0 aliphatic heterocycles. The van der Waals surface area contributed by atoms with Crippen molar-refractivity contribution < 1.29 is 9.84 Å². The summed E-state index contributed by atoms with van der Waals surface area (Å²) in [6.45, 7) is 5.51. The Morgan fingerprint density at radius 1 is 1.18 bits per heavy atom. The van der Waals surface area contributed by atoms with Crippen molar-refractivity contribution in [2.24, 2.45) is 10.9 Å². The van der Waals surface area contributed by atoms with Crippen LogP contribution in [0.15, 0.2) is 4.99 Å². The number of nitrogens with one attached hydrogen (secondary N) is 2. The number of ether oxygens (including phenoxy) is 1. The molecule has 2 aliphatic carbocycles. The van der Waals surface area contributed by atoms with Crippen LogP contribution in [0, 0.1) is 5.92 Å². The summed E-state index contributed by atoms with van der Waals surface area (Å²) in [6.07, 6.45) is 7.41. The van der Waals surface area contributed by atoms with Crippen LogP contribution < -0.4 is 10.6 Å². The SMILES string of the molecule is CCNC(=NCCCOCC1CC1)NC1CCC(O)CC1.I. The lowest BCUT2D eigenvalue weighted by molar-refractivity contribution is 0.120. The number of guanidine groups is 1. The summed E-state index contributed by atoms with van der Waals surface area (Å²) < 4.78 is 5.62. The molecule has 0 unspecified atom stereocenters. The molecular formula is C16H32IN3O2. The minimum absolute atomic E-state index is 0. The quantitative estimate of drug-likeness (QED) is 0.242. The molecule has 0 aromatic carbocycles. The van der Waals surface area contributed by atoms with Gasteiger partial charge in [-0.1, -0.05) is 0 Å². The molecule has 0 atom stereocenters. The summed E-state index contributed by atoms with van der Waals surface area (Å²) in [5, 5.41) is 16.3. The Morgan fingerprint density at radius 2 is 1.91 bits per heavy atom. The van der Waals surface area contributed by atoms with E-state index in [0.717, 1.165) is 70.3 Å². The van der Waals surface area contributed by atoms with E-state index in [4.69, 9.17) is 4.74 Å². The lowest BCUT2D eigenvalue weighted by Gasteiger charge is -2.27. The number of nitrogens with zero attached hydrogens (tertiary/aromatic N) is 1. The Bertz CT molecular complexity index is 317. The zero-order chi connectivity index (χ0) is 14.9. The van der Waals surface area contributed by atoms with E-state index in [9.17, 15) is 5.11 Å². The first-order valence-electron chi connectivity index (χ1n) is 8.58. The molecule has 6 heteroatoms. The van der Waals surface area contributed by atoms with Crippen molar-refractivity contribution in [1.82, 2.24) is 10.6 Å². The predicted octanol–water partition coefficient (Wildman–Crippen LogP) is 2.28. The monoisotopic (exact) mass is 425 g/mol. The van der Waals surface area contributed by atoms with Crippen molar-refractivity contribution in [3.63, 3.8) is 0 Å². The Labute approximate surface area is 151 Å². The first-order valence-corrected chi connectivity index (χ1v) is 8.58. The van der Waals surface area contributed by atoms with E-state index in [1.165, 1.54) is 12.8 Å². The summed E-state index contributed by atoms with van der Waals surface area (Å²) in [5.74, 6) is 1.75. The van der Waals surface area contributed by atoms with Crippen molar-refractivity contribution in [2.45, 2.75) is 64.0 Å². The lowest BCUT2D eigenvalue weighted by atomic mass is 9.93. The van der Waals surface area contributed by atoms with Gasteiger partial charge in [0.05, 0.1) is 6.10 Å². The van der Waals surface area contributed by atoms with Gasteiger partial charge in [-0.2, -0.15) is 0 Å². The van der Waals surface area contributed by atoms with Crippen molar-refractivity contribution in [1.29, 1.82) is 0 Å². The van der Waals surface area contributed by atoms with Crippen LogP contribution in [0.25, 0.3) is 0 Å². The van der Waals surface area contributed by atoms with E-state index >= 15 is 0 Å². The molecule has 3 N–H and O–H groups in total. The summed E-state index contributed by atoms with van der Waals surface area (Å²) in [5.41, 5.74) is 0. The molecule has 2 saturated carbocycles. The number of hydrogen-bond donors (Lipinski definition) is 3. The van der Waals surface area contributed by atoms with Gasteiger partial charge in [0.15, 0.2) is 5.96 Å². The Balaban J connectivity index is 0.00000242. The highest BCUT2D eigenvalue weighted by Crippen LogP contribution is 2.28. The minimum Gasteiger partial charge on any atom is -0.393 e. The highest BCUT2D eigenvalue weighted by Gasteiger charge is 2.21. The van der Waals surface area contributed by atoms with Crippen LogP contribution in [0.5, 0.6) is 0 Å². The van der Waals surface area contributed by atoms with Crippen molar-refractivity contribution in [3.05, 3.63) is 0 Å². The summed E-state index contributed by atoms with van der Waals surface area (Å²) in [6, 6.07) is 0.442. The van der Waals surface area contributed by atoms with Gasteiger partial charge in [0, 0.05) is 32.3 Å². The van der Waals surface area contributed by atoms with E-state index in [1.54, 1.807) is 0 Å². The summed E-state index contributed by atoms with van der Waals surface area (Å²) in [4.78, 5) is 4.61. The molecule has 0 amide bonds. The number of aliphatic hydroxyl groups excluding tert-OH is 1. The molecule has 2 fully saturated rings. The third-order valence-electron chi connectivity index (χ3n) is 4.15. The summed E-state index contributed by atoms with van der Waals surface area (Å²) in [7, 11) is 0. The van der Waals surface area contributed by atoms with Gasteiger partial charge in [0.2, 0.25) is 0 Å².